The second-order valence-electron chi connectivity index (χ2n) is 5.61. The van der Waals surface area contributed by atoms with E-state index >= 15 is 0 Å². The molecule has 5 heteroatoms. The quantitative estimate of drug-likeness (QED) is 0.256. The van der Waals surface area contributed by atoms with E-state index in [2.05, 4.69) is 16.9 Å². The highest BCUT2D eigenvalue weighted by Gasteiger charge is 2.16. The lowest BCUT2D eigenvalue weighted by Crippen LogP contribution is -2.40. The Balaban J connectivity index is 4.45. The number of rotatable bonds is 7. The number of hydrogen-bond donors (Lipinski definition) is 1. The number of carbonyl (C=O) groups is 1. The van der Waals surface area contributed by atoms with Crippen molar-refractivity contribution >= 4 is 11.9 Å². The fraction of sp³-hybridized carbons (Fsp3) is 0.733. The van der Waals surface area contributed by atoms with Crippen molar-refractivity contribution in [2.75, 3.05) is 26.7 Å². The second kappa shape index (κ2) is 9.39. The molecule has 0 saturated carbocycles. The van der Waals surface area contributed by atoms with Gasteiger partial charge in [0.25, 0.3) is 0 Å². The van der Waals surface area contributed by atoms with Crippen LogP contribution in [0.4, 0.5) is 0 Å². The van der Waals surface area contributed by atoms with Gasteiger partial charge in [0.05, 0.1) is 0 Å². The van der Waals surface area contributed by atoms with Crippen molar-refractivity contribution < 1.29 is 9.53 Å². The van der Waals surface area contributed by atoms with Gasteiger partial charge in [0.2, 0.25) is 0 Å². The zero-order valence-electron chi connectivity index (χ0n) is 13.5. The summed E-state index contributed by atoms with van der Waals surface area (Å²) in [6.07, 6.45) is 3.88. The Labute approximate surface area is 123 Å². The minimum Gasteiger partial charge on any atom is -0.459 e. The Morgan fingerprint density at radius 2 is 2.10 bits per heavy atom. The normalized spacial score (nSPS) is 11.9. The zero-order valence-corrected chi connectivity index (χ0v) is 13.5. The van der Waals surface area contributed by atoms with E-state index in [0.717, 1.165) is 31.9 Å². The van der Waals surface area contributed by atoms with E-state index in [4.69, 9.17) is 4.74 Å². The molecule has 0 amide bonds. The van der Waals surface area contributed by atoms with Gasteiger partial charge < -0.3 is 15.0 Å². The molecule has 116 valence electrons. The van der Waals surface area contributed by atoms with Crippen LogP contribution in [0.5, 0.6) is 0 Å². The number of hydrogen-bond acceptors (Lipinski definition) is 3. The number of aliphatic imine (C=N–C) groups is 1. The SMILES string of the molecule is C=CCCCN(C)C(=NCC(=O)OC(C)(C)C)NCC. The van der Waals surface area contributed by atoms with Crippen LogP contribution in [0.25, 0.3) is 0 Å². The first-order valence-corrected chi connectivity index (χ1v) is 7.12. The second-order valence-corrected chi connectivity index (χ2v) is 5.61. The first-order chi connectivity index (χ1) is 9.30. The highest BCUT2D eigenvalue weighted by Crippen LogP contribution is 2.06. The Morgan fingerprint density at radius 1 is 1.45 bits per heavy atom. The Kier molecular flexibility index (Phi) is 8.68. The molecule has 0 aliphatic rings. The van der Waals surface area contributed by atoms with Crippen molar-refractivity contribution in [3.63, 3.8) is 0 Å². The van der Waals surface area contributed by atoms with Crippen LogP contribution in [0, 0.1) is 0 Å². The molecule has 0 saturated heterocycles. The maximum Gasteiger partial charge on any atom is 0.328 e. The first-order valence-electron chi connectivity index (χ1n) is 7.12. The molecule has 0 spiro atoms. The number of esters is 1. The van der Waals surface area contributed by atoms with Crippen molar-refractivity contribution in [2.45, 2.75) is 46.1 Å². The van der Waals surface area contributed by atoms with Gasteiger partial charge in [0.1, 0.15) is 12.1 Å². The lowest BCUT2D eigenvalue weighted by molar-refractivity contribution is -0.152. The first kappa shape index (κ1) is 18.5. The third-order valence-corrected chi connectivity index (χ3v) is 2.38. The number of allylic oxidation sites excluding steroid dienone is 1. The molecule has 0 radical (unpaired) electrons. The standard InChI is InChI=1S/C15H29N3O2/c1-7-9-10-11-18(6)14(16-8-2)17-12-13(19)20-15(3,4)5/h7H,1,8-12H2,2-6H3,(H,16,17). The van der Waals surface area contributed by atoms with E-state index in [1.54, 1.807) is 0 Å². The lowest BCUT2D eigenvalue weighted by atomic mass is 10.2. The molecule has 20 heavy (non-hydrogen) atoms. The Bertz CT molecular complexity index is 333. The minimum absolute atomic E-state index is 0.0331. The number of nitrogens with zero attached hydrogens (tertiary/aromatic N) is 2. The van der Waals surface area contributed by atoms with Crippen molar-refractivity contribution in [2.24, 2.45) is 4.99 Å². The lowest BCUT2D eigenvalue weighted by Gasteiger charge is -2.22. The molecule has 0 rings (SSSR count). The molecule has 0 bridgehead atoms. The molecule has 0 aliphatic carbocycles. The van der Waals surface area contributed by atoms with Crippen molar-refractivity contribution in [1.29, 1.82) is 0 Å². The fourth-order valence-electron chi connectivity index (χ4n) is 1.56. The third kappa shape index (κ3) is 9.42. The minimum atomic E-state index is -0.471. The summed E-state index contributed by atoms with van der Waals surface area (Å²) < 4.78 is 5.24. The van der Waals surface area contributed by atoms with Crippen LogP contribution in [-0.4, -0.2) is 49.1 Å². The van der Waals surface area contributed by atoms with Crippen molar-refractivity contribution in [1.82, 2.24) is 10.2 Å². The van der Waals surface area contributed by atoms with E-state index in [1.165, 1.54) is 0 Å². The van der Waals surface area contributed by atoms with Crippen LogP contribution >= 0.6 is 0 Å². The van der Waals surface area contributed by atoms with Crippen LogP contribution in [0.15, 0.2) is 17.6 Å². The summed E-state index contributed by atoms with van der Waals surface area (Å²) in [5.41, 5.74) is -0.471. The van der Waals surface area contributed by atoms with Crippen molar-refractivity contribution in [3.05, 3.63) is 12.7 Å². The summed E-state index contributed by atoms with van der Waals surface area (Å²) in [7, 11) is 1.96. The Hall–Kier alpha value is -1.52. The molecule has 5 nitrogen and oxygen atoms in total. The molecule has 0 aromatic rings. The molecule has 0 aromatic heterocycles. The highest BCUT2D eigenvalue weighted by molar-refractivity contribution is 5.83. The molecular formula is C15H29N3O2. The molecule has 0 aliphatic heterocycles. The number of guanidine groups is 1. The van der Waals surface area contributed by atoms with Crippen LogP contribution in [0.1, 0.15) is 40.5 Å². The number of unbranched alkanes of at least 4 members (excludes halogenated alkanes) is 1. The molecule has 0 fully saturated rings. The fourth-order valence-corrected chi connectivity index (χ4v) is 1.56. The van der Waals surface area contributed by atoms with Crippen LogP contribution < -0.4 is 5.32 Å². The largest absolute Gasteiger partial charge is 0.459 e. The maximum absolute atomic E-state index is 11.7. The topological polar surface area (TPSA) is 53.9 Å². The summed E-state index contributed by atoms with van der Waals surface area (Å²) in [6.45, 7) is 12.9. The van der Waals surface area contributed by atoms with Crippen molar-refractivity contribution in [3.8, 4) is 0 Å². The monoisotopic (exact) mass is 283 g/mol. The van der Waals surface area contributed by atoms with Gasteiger partial charge in [-0.25, -0.2) is 4.99 Å². The predicted octanol–water partition coefficient (Wildman–Crippen LogP) is 2.19. The Morgan fingerprint density at radius 3 is 2.60 bits per heavy atom. The third-order valence-electron chi connectivity index (χ3n) is 2.38. The number of carbonyl (C=O) groups excluding carboxylic acids is 1. The average Bonchev–Trinajstić information content (AvgIpc) is 2.32. The van der Waals surface area contributed by atoms with E-state index in [9.17, 15) is 4.79 Å². The van der Waals surface area contributed by atoms with Gasteiger partial charge >= 0.3 is 5.97 Å². The van der Waals surface area contributed by atoms with Crippen LogP contribution in [0.2, 0.25) is 0 Å². The van der Waals surface area contributed by atoms with Gasteiger partial charge in [-0.2, -0.15) is 0 Å². The summed E-state index contributed by atoms with van der Waals surface area (Å²) >= 11 is 0. The zero-order chi connectivity index (χ0) is 15.6. The molecule has 0 atom stereocenters. The van der Waals surface area contributed by atoms with Crippen LogP contribution in [0.3, 0.4) is 0 Å². The number of nitrogens with one attached hydrogen (secondary N) is 1. The molecule has 1 N–H and O–H groups in total. The predicted molar refractivity (Wildman–Crippen MR) is 83.9 cm³/mol. The van der Waals surface area contributed by atoms with Gasteiger partial charge in [-0.1, -0.05) is 6.08 Å². The van der Waals surface area contributed by atoms with Gasteiger partial charge in [0, 0.05) is 20.1 Å². The molecule has 0 heterocycles. The van der Waals surface area contributed by atoms with Gasteiger partial charge in [0.15, 0.2) is 5.96 Å². The summed E-state index contributed by atoms with van der Waals surface area (Å²) in [5.74, 6) is 0.412. The molecule has 0 aromatic carbocycles. The van der Waals surface area contributed by atoms with E-state index in [0.29, 0.717) is 0 Å². The number of ether oxygens (including phenoxy) is 1. The summed E-state index contributed by atoms with van der Waals surface area (Å²) in [6, 6.07) is 0. The van der Waals surface area contributed by atoms with E-state index in [-0.39, 0.29) is 12.5 Å². The molecule has 0 unspecified atom stereocenters. The smallest absolute Gasteiger partial charge is 0.328 e. The van der Waals surface area contributed by atoms with Crippen LogP contribution in [-0.2, 0) is 9.53 Å². The maximum atomic E-state index is 11.7. The van der Waals surface area contributed by atoms with Gasteiger partial charge in [-0.3, -0.25) is 4.79 Å². The van der Waals surface area contributed by atoms with E-state index in [1.807, 2.05) is 45.7 Å². The van der Waals surface area contributed by atoms with Gasteiger partial charge in [-0.05, 0) is 40.5 Å². The highest BCUT2D eigenvalue weighted by atomic mass is 16.6. The molecular weight excluding hydrogens is 254 g/mol. The van der Waals surface area contributed by atoms with Gasteiger partial charge in [-0.15, -0.1) is 6.58 Å². The van der Waals surface area contributed by atoms with E-state index < -0.39 is 5.60 Å². The average molecular weight is 283 g/mol. The summed E-state index contributed by atoms with van der Waals surface area (Å²) in [4.78, 5) is 18.0. The summed E-state index contributed by atoms with van der Waals surface area (Å²) in [5, 5.41) is 3.17.